The normalized spacial score (nSPS) is 12.8. The van der Waals surface area contributed by atoms with Crippen molar-refractivity contribution in [3.8, 4) is 5.69 Å². The molecule has 1 N–H and O–H groups in total. The SMILES string of the molecule is C[C@H](O)c1ccc(-n2nnc3ccccc32)cc1. The van der Waals surface area contributed by atoms with Crippen LogP contribution >= 0.6 is 0 Å². The zero-order valence-corrected chi connectivity index (χ0v) is 9.99. The number of nitrogens with zero attached hydrogens (tertiary/aromatic N) is 3. The van der Waals surface area contributed by atoms with Gasteiger partial charge in [-0.15, -0.1) is 5.10 Å². The average Bonchev–Trinajstić information content (AvgIpc) is 2.82. The molecular formula is C14H13N3O. The third-order valence-corrected chi connectivity index (χ3v) is 2.97. The van der Waals surface area contributed by atoms with Crippen LogP contribution in [0.15, 0.2) is 48.5 Å². The van der Waals surface area contributed by atoms with Gasteiger partial charge in [-0.3, -0.25) is 0 Å². The first-order chi connectivity index (χ1) is 8.75. The van der Waals surface area contributed by atoms with Crippen molar-refractivity contribution in [1.29, 1.82) is 0 Å². The maximum Gasteiger partial charge on any atom is 0.113 e. The van der Waals surface area contributed by atoms with Crippen LogP contribution in [0.2, 0.25) is 0 Å². The standard InChI is InChI=1S/C14H13N3O/c1-10(18)11-6-8-12(9-7-11)17-14-5-3-2-4-13(14)15-16-17/h2-10,18H,1H3/t10-/m0/s1. The highest BCUT2D eigenvalue weighted by molar-refractivity contribution is 5.75. The number of benzene rings is 2. The van der Waals surface area contributed by atoms with E-state index in [2.05, 4.69) is 10.3 Å². The second-order valence-electron chi connectivity index (χ2n) is 4.26. The molecule has 90 valence electrons. The van der Waals surface area contributed by atoms with Crippen molar-refractivity contribution in [3.63, 3.8) is 0 Å². The predicted molar refractivity (Wildman–Crippen MR) is 69.5 cm³/mol. The fourth-order valence-electron chi connectivity index (χ4n) is 1.95. The second-order valence-corrected chi connectivity index (χ2v) is 4.26. The summed E-state index contributed by atoms with van der Waals surface area (Å²) in [6.45, 7) is 1.75. The number of hydrogen-bond acceptors (Lipinski definition) is 3. The molecular weight excluding hydrogens is 226 g/mol. The molecule has 0 aliphatic carbocycles. The van der Waals surface area contributed by atoms with E-state index in [0.717, 1.165) is 22.3 Å². The van der Waals surface area contributed by atoms with E-state index in [1.807, 2.05) is 48.5 Å². The maximum atomic E-state index is 9.48. The van der Waals surface area contributed by atoms with Gasteiger partial charge < -0.3 is 5.11 Å². The van der Waals surface area contributed by atoms with E-state index in [-0.39, 0.29) is 0 Å². The highest BCUT2D eigenvalue weighted by atomic mass is 16.3. The number of aromatic nitrogens is 3. The lowest BCUT2D eigenvalue weighted by molar-refractivity contribution is 0.199. The number of rotatable bonds is 2. The van der Waals surface area contributed by atoms with Crippen molar-refractivity contribution < 1.29 is 5.11 Å². The number of aliphatic hydroxyl groups is 1. The summed E-state index contributed by atoms with van der Waals surface area (Å²) in [5.74, 6) is 0. The molecule has 3 aromatic rings. The molecule has 4 nitrogen and oxygen atoms in total. The quantitative estimate of drug-likeness (QED) is 0.747. The lowest BCUT2D eigenvalue weighted by atomic mass is 10.1. The third-order valence-electron chi connectivity index (χ3n) is 2.97. The monoisotopic (exact) mass is 239 g/mol. The molecule has 3 rings (SSSR count). The van der Waals surface area contributed by atoms with E-state index in [4.69, 9.17) is 0 Å². The predicted octanol–water partition coefficient (Wildman–Crippen LogP) is 2.47. The minimum absolute atomic E-state index is 0.452. The Labute approximate surface area is 104 Å². The molecule has 18 heavy (non-hydrogen) atoms. The van der Waals surface area contributed by atoms with Crippen molar-refractivity contribution in [3.05, 3.63) is 54.1 Å². The van der Waals surface area contributed by atoms with Gasteiger partial charge in [0.1, 0.15) is 5.52 Å². The maximum absolute atomic E-state index is 9.48. The Morgan fingerprint density at radius 2 is 1.78 bits per heavy atom. The Morgan fingerprint density at radius 1 is 1.06 bits per heavy atom. The summed E-state index contributed by atoms with van der Waals surface area (Å²) in [7, 11) is 0. The van der Waals surface area contributed by atoms with E-state index < -0.39 is 6.10 Å². The molecule has 0 radical (unpaired) electrons. The van der Waals surface area contributed by atoms with Crippen molar-refractivity contribution in [2.24, 2.45) is 0 Å². The molecule has 4 heteroatoms. The smallest absolute Gasteiger partial charge is 0.113 e. The van der Waals surface area contributed by atoms with E-state index in [1.165, 1.54) is 0 Å². The minimum Gasteiger partial charge on any atom is -0.389 e. The van der Waals surface area contributed by atoms with Gasteiger partial charge in [0.25, 0.3) is 0 Å². The van der Waals surface area contributed by atoms with Crippen LogP contribution in [0, 0.1) is 0 Å². The Kier molecular flexibility index (Phi) is 2.57. The molecule has 1 heterocycles. The zero-order valence-electron chi connectivity index (χ0n) is 9.99. The van der Waals surface area contributed by atoms with Crippen LogP contribution in [0.1, 0.15) is 18.6 Å². The average molecular weight is 239 g/mol. The van der Waals surface area contributed by atoms with Crippen LogP contribution in [0.4, 0.5) is 0 Å². The zero-order chi connectivity index (χ0) is 12.5. The first kappa shape index (κ1) is 10.9. The van der Waals surface area contributed by atoms with Crippen LogP contribution < -0.4 is 0 Å². The molecule has 0 bridgehead atoms. The Morgan fingerprint density at radius 3 is 2.50 bits per heavy atom. The summed E-state index contributed by atoms with van der Waals surface area (Å²) in [4.78, 5) is 0. The molecule has 0 saturated carbocycles. The van der Waals surface area contributed by atoms with Crippen LogP contribution in [0.25, 0.3) is 16.7 Å². The lowest BCUT2D eigenvalue weighted by Crippen LogP contribution is -1.97. The molecule has 1 atom stereocenters. The van der Waals surface area contributed by atoms with Gasteiger partial charge in [-0.05, 0) is 36.8 Å². The van der Waals surface area contributed by atoms with Crippen LogP contribution in [0.5, 0.6) is 0 Å². The Hall–Kier alpha value is -2.20. The molecule has 0 amide bonds. The largest absolute Gasteiger partial charge is 0.389 e. The molecule has 0 unspecified atom stereocenters. The van der Waals surface area contributed by atoms with Gasteiger partial charge in [0.2, 0.25) is 0 Å². The Balaban J connectivity index is 2.09. The summed E-state index contributed by atoms with van der Waals surface area (Å²) < 4.78 is 1.79. The highest BCUT2D eigenvalue weighted by Crippen LogP contribution is 2.18. The van der Waals surface area contributed by atoms with Crippen LogP contribution in [-0.2, 0) is 0 Å². The molecule has 0 aliphatic rings. The topological polar surface area (TPSA) is 50.9 Å². The molecule has 0 aliphatic heterocycles. The first-order valence-electron chi connectivity index (χ1n) is 5.84. The van der Waals surface area contributed by atoms with Gasteiger partial charge in [-0.2, -0.15) is 0 Å². The fraction of sp³-hybridized carbons (Fsp3) is 0.143. The molecule has 0 fully saturated rings. The van der Waals surface area contributed by atoms with Gasteiger partial charge in [0.05, 0.1) is 17.3 Å². The van der Waals surface area contributed by atoms with Crippen molar-refractivity contribution in [2.75, 3.05) is 0 Å². The highest BCUT2D eigenvalue weighted by Gasteiger charge is 2.06. The van der Waals surface area contributed by atoms with E-state index in [9.17, 15) is 5.11 Å². The van der Waals surface area contributed by atoms with Crippen LogP contribution in [-0.4, -0.2) is 20.1 Å². The second kappa shape index (κ2) is 4.23. The van der Waals surface area contributed by atoms with Crippen molar-refractivity contribution >= 4 is 11.0 Å². The molecule has 1 aromatic heterocycles. The fourth-order valence-corrected chi connectivity index (χ4v) is 1.95. The summed E-state index contributed by atoms with van der Waals surface area (Å²) in [6.07, 6.45) is -0.452. The first-order valence-corrected chi connectivity index (χ1v) is 5.84. The number of aliphatic hydroxyl groups excluding tert-OH is 1. The van der Waals surface area contributed by atoms with Crippen molar-refractivity contribution in [2.45, 2.75) is 13.0 Å². The molecule has 0 spiro atoms. The summed E-state index contributed by atoms with van der Waals surface area (Å²) >= 11 is 0. The number of hydrogen-bond donors (Lipinski definition) is 1. The van der Waals surface area contributed by atoms with E-state index in [0.29, 0.717) is 0 Å². The van der Waals surface area contributed by atoms with Crippen molar-refractivity contribution in [1.82, 2.24) is 15.0 Å². The third kappa shape index (κ3) is 1.76. The summed E-state index contributed by atoms with van der Waals surface area (Å²) in [5, 5.41) is 17.7. The number of fused-ring (bicyclic) bond motifs is 1. The van der Waals surface area contributed by atoms with Gasteiger partial charge >= 0.3 is 0 Å². The summed E-state index contributed by atoms with van der Waals surface area (Å²) in [5.41, 5.74) is 3.68. The molecule has 2 aromatic carbocycles. The van der Waals surface area contributed by atoms with Gasteiger partial charge in [0, 0.05) is 0 Å². The van der Waals surface area contributed by atoms with Gasteiger partial charge in [0.15, 0.2) is 0 Å². The lowest BCUT2D eigenvalue weighted by Gasteiger charge is -2.06. The van der Waals surface area contributed by atoms with Crippen LogP contribution in [0.3, 0.4) is 0 Å². The van der Waals surface area contributed by atoms with Gasteiger partial charge in [-0.1, -0.05) is 29.5 Å². The minimum atomic E-state index is -0.452. The summed E-state index contributed by atoms with van der Waals surface area (Å²) in [6, 6.07) is 15.5. The number of para-hydroxylation sites is 1. The Bertz CT molecular complexity index is 671. The molecule has 0 saturated heterocycles. The van der Waals surface area contributed by atoms with E-state index in [1.54, 1.807) is 11.6 Å². The van der Waals surface area contributed by atoms with Gasteiger partial charge in [-0.25, -0.2) is 4.68 Å². The van der Waals surface area contributed by atoms with E-state index >= 15 is 0 Å².